The molecule has 2 aliphatic heterocycles. The predicted molar refractivity (Wildman–Crippen MR) is 121 cm³/mol. The van der Waals surface area contributed by atoms with E-state index in [1.165, 1.54) is 12.4 Å². The van der Waals surface area contributed by atoms with E-state index in [1.54, 1.807) is 6.07 Å². The van der Waals surface area contributed by atoms with Gasteiger partial charge in [0.15, 0.2) is 5.82 Å². The Bertz CT molecular complexity index is 963. The number of hydrogen-bond donors (Lipinski definition) is 3. The Morgan fingerprint density at radius 2 is 2.16 bits per heavy atom. The third-order valence-corrected chi connectivity index (χ3v) is 6.46. The molecule has 4 heterocycles. The molecule has 0 bridgehead atoms. The van der Waals surface area contributed by atoms with E-state index in [1.807, 2.05) is 0 Å². The quantitative estimate of drug-likeness (QED) is 0.604. The lowest BCUT2D eigenvalue weighted by Crippen LogP contribution is -2.37. The summed E-state index contributed by atoms with van der Waals surface area (Å²) in [6.07, 6.45) is 6.36. The number of halogens is 2. The zero-order valence-electron chi connectivity index (χ0n) is 18.1. The topological polar surface area (TPSA) is 101 Å². The summed E-state index contributed by atoms with van der Waals surface area (Å²) in [5.41, 5.74) is 0.919. The molecule has 2 saturated heterocycles. The number of piperidine rings is 1. The molecule has 0 aliphatic carbocycles. The number of carbonyl (C=O) groups excluding carboxylic acids is 1. The van der Waals surface area contributed by atoms with E-state index >= 15 is 0 Å². The third kappa shape index (κ3) is 5.51. The van der Waals surface area contributed by atoms with Gasteiger partial charge in [-0.05, 0) is 43.7 Å². The molecule has 2 aromatic rings. The molecule has 0 saturated carbocycles. The number of nitrogens with zero attached hydrogens (tertiary/aromatic N) is 3. The maximum absolute atomic E-state index is 14.4. The van der Waals surface area contributed by atoms with E-state index in [-0.39, 0.29) is 23.1 Å². The molecule has 2 aromatic heterocycles. The summed E-state index contributed by atoms with van der Waals surface area (Å²) in [6, 6.07) is 1.64. The Hall–Kier alpha value is -2.36. The van der Waals surface area contributed by atoms with Crippen molar-refractivity contribution in [1.82, 2.24) is 20.3 Å². The highest BCUT2D eigenvalue weighted by Crippen LogP contribution is 2.32. The van der Waals surface area contributed by atoms with Gasteiger partial charge in [0.1, 0.15) is 5.82 Å². The Morgan fingerprint density at radius 1 is 1.34 bits per heavy atom. The highest BCUT2D eigenvalue weighted by molar-refractivity contribution is 6.33. The summed E-state index contributed by atoms with van der Waals surface area (Å²) in [6.45, 7) is 5.69. The molecule has 3 N–H and O–H groups in total. The van der Waals surface area contributed by atoms with E-state index < -0.39 is 5.95 Å². The van der Waals surface area contributed by atoms with E-state index in [0.29, 0.717) is 48.4 Å². The lowest BCUT2D eigenvalue weighted by Gasteiger charge is -2.33. The predicted octanol–water partition coefficient (Wildman–Crippen LogP) is 3.50. The first-order valence-corrected chi connectivity index (χ1v) is 11.3. The molecule has 10 heteroatoms. The van der Waals surface area contributed by atoms with Crippen molar-refractivity contribution in [2.45, 2.75) is 32.6 Å². The van der Waals surface area contributed by atoms with Gasteiger partial charge in [-0.15, -0.1) is 0 Å². The normalized spacial score (nSPS) is 20.5. The fourth-order valence-electron chi connectivity index (χ4n) is 3.96. The van der Waals surface area contributed by atoms with Crippen LogP contribution < -0.4 is 16.0 Å². The zero-order chi connectivity index (χ0) is 22.6. The van der Waals surface area contributed by atoms with Crippen molar-refractivity contribution in [3.8, 4) is 11.3 Å². The van der Waals surface area contributed by atoms with Crippen LogP contribution in [0.3, 0.4) is 0 Å². The van der Waals surface area contributed by atoms with Crippen LogP contribution in [0, 0.1) is 17.3 Å². The van der Waals surface area contributed by atoms with Crippen molar-refractivity contribution in [1.29, 1.82) is 0 Å². The van der Waals surface area contributed by atoms with Crippen molar-refractivity contribution in [2.75, 3.05) is 43.5 Å². The first kappa shape index (κ1) is 22.8. The maximum atomic E-state index is 14.4. The lowest BCUT2D eigenvalue weighted by molar-refractivity contribution is -0.120. The first-order valence-electron chi connectivity index (χ1n) is 11.0. The summed E-state index contributed by atoms with van der Waals surface area (Å²) in [5, 5.41) is 9.52. The van der Waals surface area contributed by atoms with Gasteiger partial charge >= 0.3 is 0 Å². The first-order chi connectivity index (χ1) is 15.4. The van der Waals surface area contributed by atoms with Gasteiger partial charge in [0.25, 0.3) is 5.95 Å². The molecule has 0 unspecified atom stereocenters. The van der Waals surface area contributed by atoms with Gasteiger partial charge in [-0.3, -0.25) is 4.79 Å². The molecule has 0 radical (unpaired) electrons. The van der Waals surface area contributed by atoms with Crippen LogP contribution in [-0.2, 0) is 9.53 Å². The minimum atomic E-state index is -0.673. The Kier molecular flexibility index (Phi) is 7.17. The number of nitrogens with one attached hydrogen (secondary N) is 3. The Balaban J connectivity index is 1.50. The van der Waals surface area contributed by atoms with Crippen LogP contribution in [-0.4, -0.2) is 53.7 Å². The maximum Gasteiger partial charge on any atom is 0.255 e. The molecule has 0 spiro atoms. The molecule has 2 aliphatic rings. The average Bonchev–Trinajstić information content (AvgIpc) is 2.81. The largest absolute Gasteiger partial charge is 0.381 e. The number of amides is 1. The molecule has 1 atom stereocenters. The number of anilines is 2. The van der Waals surface area contributed by atoms with Crippen LogP contribution >= 0.6 is 11.6 Å². The van der Waals surface area contributed by atoms with Crippen LogP contribution in [0.1, 0.15) is 32.6 Å². The molecule has 0 aromatic carbocycles. The zero-order valence-corrected chi connectivity index (χ0v) is 18.8. The van der Waals surface area contributed by atoms with Gasteiger partial charge in [0.2, 0.25) is 5.91 Å². The Morgan fingerprint density at radius 3 is 2.91 bits per heavy atom. The molecule has 8 nitrogen and oxygen atoms in total. The van der Waals surface area contributed by atoms with Crippen molar-refractivity contribution in [3.05, 3.63) is 29.4 Å². The number of ether oxygens (including phenoxy) is 1. The van der Waals surface area contributed by atoms with Crippen molar-refractivity contribution in [3.63, 3.8) is 0 Å². The fourth-order valence-corrected chi connectivity index (χ4v) is 4.16. The summed E-state index contributed by atoms with van der Waals surface area (Å²) >= 11 is 6.35. The van der Waals surface area contributed by atoms with E-state index in [0.717, 1.165) is 32.2 Å². The van der Waals surface area contributed by atoms with E-state index in [2.05, 4.69) is 37.8 Å². The summed E-state index contributed by atoms with van der Waals surface area (Å²) in [5.74, 6) is -0.418. The minimum Gasteiger partial charge on any atom is -0.381 e. The standard InChI is InChI=1S/C22H28ClFN6O2/c1-22(4-7-32-8-5-22)13-28-20-19(24)27-12-17(29-20)15-9-18(26-11-16(15)23)30-21(31)14-3-2-6-25-10-14/h9,11-12,14,25H,2-8,10,13H2,1H3,(H,28,29)(H,26,30,31)/t14-/m1/s1. The summed E-state index contributed by atoms with van der Waals surface area (Å²) in [7, 11) is 0. The van der Waals surface area contributed by atoms with Gasteiger partial charge in [0, 0.05) is 38.1 Å². The molecule has 1 amide bonds. The van der Waals surface area contributed by atoms with Crippen LogP contribution in [0.4, 0.5) is 16.0 Å². The van der Waals surface area contributed by atoms with Crippen molar-refractivity contribution < 1.29 is 13.9 Å². The van der Waals surface area contributed by atoms with Crippen molar-refractivity contribution >= 4 is 29.1 Å². The lowest BCUT2D eigenvalue weighted by atomic mass is 9.82. The minimum absolute atomic E-state index is 0.00210. The summed E-state index contributed by atoms with van der Waals surface area (Å²) in [4.78, 5) is 25.0. The Labute approximate surface area is 191 Å². The highest BCUT2D eigenvalue weighted by atomic mass is 35.5. The van der Waals surface area contributed by atoms with E-state index in [9.17, 15) is 9.18 Å². The van der Waals surface area contributed by atoms with Crippen LogP contribution in [0.2, 0.25) is 5.02 Å². The van der Waals surface area contributed by atoms with Gasteiger partial charge in [-0.1, -0.05) is 18.5 Å². The van der Waals surface area contributed by atoms with Crippen LogP contribution in [0.5, 0.6) is 0 Å². The van der Waals surface area contributed by atoms with E-state index in [4.69, 9.17) is 16.3 Å². The van der Waals surface area contributed by atoms with Gasteiger partial charge in [-0.25, -0.2) is 15.0 Å². The third-order valence-electron chi connectivity index (χ3n) is 6.16. The second-order valence-electron chi connectivity index (χ2n) is 8.75. The number of pyridine rings is 1. The molecular formula is C22H28ClFN6O2. The SMILES string of the molecule is CC1(CNc2nc(-c3cc(NC(=O)[C@@H]4CCCNC4)ncc3Cl)cnc2F)CCOCC1. The van der Waals surface area contributed by atoms with Gasteiger partial charge in [-0.2, -0.15) is 4.39 Å². The van der Waals surface area contributed by atoms with Crippen LogP contribution in [0.25, 0.3) is 11.3 Å². The van der Waals surface area contributed by atoms with Crippen molar-refractivity contribution in [2.24, 2.45) is 11.3 Å². The average molecular weight is 463 g/mol. The smallest absolute Gasteiger partial charge is 0.255 e. The molecular weight excluding hydrogens is 435 g/mol. The van der Waals surface area contributed by atoms with Crippen LogP contribution in [0.15, 0.2) is 18.5 Å². The molecule has 172 valence electrons. The fraction of sp³-hybridized carbons (Fsp3) is 0.545. The van der Waals surface area contributed by atoms with Gasteiger partial charge in [0.05, 0.1) is 22.8 Å². The molecule has 4 rings (SSSR count). The second-order valence-corrected chi connectivity index (χ2v) is 9.16. The number of rotatable bonds is 6. The second kappa shape index (κ2) is 10.1. The molecule has 2 fully saturated rings. The number of aromatic nitrogens is 3. The molecule has 32 heavy (non-hydrogen) atoms. The number of carbonyl (C=O) groups is 1. The summed E-state index contributed by atoms with van der Waals surface area (Å²) < 4.78 is 19.8. The van der Waals surface area contributed by atoms with Gasteiger partial charge < -0.3 is 20.7 Å². The number of hydrogen-bond acceptors (Lipinski definition) is 7. The monoisotopic (exact) mass is 462 g/mol. The highest BCUT2D eigenvalue weighted by Gasteiger charge is 2.28.